The van der Waals surface area contributed by atoms with Crippen molar-refractivity contribution in [3.8, 4) is 5.75 Å². The van der Waals surface area contributed by atoms with Gasteiger partial charge in [-0.2, -0.15) is 15.0 Å². The highest BCUT2D eigenvalue weighted by Crippen LogP contribution is 2.27. The van der Waals surface area contributed by atoms with Crippen LogP contribution in [0.1, 0.15) is 51.4 Å². The number of hydroxylamine groups is 3. The predicted octanol–water partition coefficient (Wildman–Crippen LogP) is 4.14. The third-order valence-corrected chi connectivity index (χ3v) is 6.75. The molecule has 1 aromatic carbocycles. The molecule has 2 aliphatic rings. The van der Waals surface area contributed by atoms with Gasteiger partial charge in [0.1, 0.15) is 0 Å². The topological polar surface area (TPSA) is 109 Å². The minimum Gasteiger partial charge on any atom is -0.633 e. The molecule has 9 nitrogen and oxygen atoms in total. The van der Waals surface area contributed by atoms with Crippen molar-refractivity contribution in [1.82, 2.24) is 15.0 Å². The molecular weight excluding hydrogens is 425 g/mol. The van der Waals surface area contributed by atoms with Crippen molar-refractivity contribution >= 4 is 23.5 Å². The number of likely N-dealkylation sites (tertiary alicyclic amines) is 1. The van der Waals surface area contributed by atoms with Gasteiger partial charge in [0.2, 0.25) is 17.8 Å². The van der Waals surface area contributed by atoms with Crippen LogP contribution in [-0.2, 0) is 0 Å². The first-order valence-corrected chi connectivity index (χ1v) is 11.9. The molecule has 0 bridgehead atoms. The van der Waals surface area contributed by atoms with Gasteiger partial charge in [0, 0.05) is 43.7 Å². The van der Waals surface area contributed by atoms with E-state index in [1.54, 1.807) is 13.1 Å². The van der Waals surface area contributed by atoms with Gasteiger partial charge in [-0.1, -0.05) is 25.7 Å². The Morgan fingerprint density at radius 1 is 1.03 bits per heavy atom. The second-order valence-electron chi connectivity index (χ2n) is 9.49. The van der Waals surface area contributed by atoms with E-state index in [-0.39, 0.29) is 10.7 Å². The summed E-state index contributed by atoms with van der Waals surface area (Å²) in [6.45, 7) is 1.12. The number of quaternary nitrogens is 1. The molecule has 2 heterocycles. The molecule has 180 valence electrons. The Morgan fingerprint density at radius 2 is 1.70 bits per heavy atom. The maximum atomic E-state index is 13.8. The number of nitrogens with one attached hydrogen (secondary N) is 2. The Hall–Kier alpha value is -2.72. The van der Waals surface area contributed by atoms with Crippen LogP contribution in [0.5, 0.6) is 5.75 Å². The van der Waals surface area contributed by atoms with Gasteiger partial charge in [-0.05, 0) is 25.0 Å². The van der Waals surface area contributed by atoms with Crippen molar-refractivity contribution in [1.29, 1.82) is 0 Å². The number of nitrogens with zero attached hydrogens (tertiary/aromatic N) is 5. The van der Waals surface area contributed by atoms with E-state index in [0.717, 1.165) is 25.7 Å². The van der Waals surface area contributed by atoms with E-state index < -0.39 is 11.6 Å². The van der Waals surface area contributed by atoms with Crippen molar-refractivity contribution in [3.05, 3.63) is 29.2 Å². The van der Waals surface area contributed by atoms with Gasteiger partial charge in [0.25, 0.3) is 0 Å². The van der Waals surface area contributed by atoms with Crippen LogP contribution in [0.3, 0.4) is 0 Å². The number of phenols is 1. The van der Waals surface area contributed by atoms with Gasteiger partial charge in [0.05, 0.1) is 20.1 Å². The standard InChI is InChI=1S/C23H34FN7O2/c1-30(18-11-13-31(2,33)14-12-18)23-28-21(25-16-7-5-3-4-6-8-16)27-22(29-23)26-17-9-10-20(32)19(24)15-17/h9-10,15-16,18,32H,3-8,11-14H2,1-2H3,(H2,25,26,27,28,29). The molecule has 3 N–H and O–H groups in total. The van der Waals surface area contributed by atoms with Crippen molar-refractivity contribution in [2.45, 2.75) is 63.5 Å². The number of hydrogen-bond acceptors (Lipinski definition) is 8. The Labute approximate surface area is 194 Å². The summed E-state index contributed by atoms with van der Waals surface area (Å²) in [6.07, 6.45) is 8.54. The summed E-state index contributed by atoms with van der Waals surface area (Å²) in [7, 11) is 3.66. The molecule has 0 atom stereocenters. The number of phenolic OH excluding ortho intramolecular Hbond substituents is 1. The fraction of sp³-hybridized carbons (Fsp3) is 0.609. The molecule has 1 aliphatic carbocycles. The van der Waals surface area contributed by atoms with E-state index in [9.17, 15) is 14.7 Å². The molecule has 1 saturated heterocycles. The largest absolute Gasteiger partial charge is 0.633 e. The van der Waals surface area contributed by atoms with Crippen LogP contribution in [0, 0.1) is 11.0 Å². The Morgan fingerprint density at radius 3 is 2.36 bits per heavy atom. The van der Waals surface area contributed by atoms with E-state index in [1.165, 1.54) is 37.8 Å². The van der Waals surface area contributed by atoms with E-state index in [0.29, 0.717) is 42.7 Å². The predicted molar refractivity (Wildman–Crippen MR) is 127 cm³/mol. The lowest BCUT2D eigenvalue weighted by Gasteiger charge is -2.45. The van der Waals surface area contributed by atoms with Gasteiger partial charge in [-0.15, -0.1) is 0 Å². The summed E-state index contributed by atoms with van der Waals surface area (Å²) in [6, 6.07) is 4.53. The third kappa shape index (κ3) is 6.20. The molecule has 0 spiro atoms. The van der Waals surface area contributed by atoms with Crippen LogP contribution >= 0.6 is 0 Å². The molecular formula is C23H34FN7O2. The van der Waals surface area contributed by atoms with Crippen LogP contribution in [-0.4, -0.2) is 64.0 Å². The highest BCUT2D eigenvalue weighted by molar-refractivity contribution is 5.57. The normalized spacial score (nSPS) is 24.2. The van der Waals surface area contributed by atoms with Crippen LogP contribution in [0.2, 0.25) is 0 Å². The number of anilines is 4. The summed E-state index contributed by atoms with van der Waals surface area (Å²) in [5.74, 6) is 0.168. The molecule has 2 aromatic rings. The number of rotatable bonds is 6. The molecule has 1 aliphatic heterocycles. The van der Waals surface area contributed by atoms with Crippen LogP contribution in [0.4, 0.5) is 27.9 Å². The number of hydrogen-bond donors (Lipinski definition) is 3. The number of piperidine rings is 1. The molecule has 2 fully saturated rings. The van der Waals surface area contributed by atoms with Crippen molar-refractivity contribution in [2.24, 2.45) is 0 Å². The van der Waals surface area contributed by atoms with Gasteiger partial charge in [-0.25, -0.2) is 4.39 Å². The average molecular weight is 460 g/mol. The lowest BCUT2D eigenvalue weighted by Crippen LogP contribution is -2.50. The van der Waals surface area contributed by atoms with Gasteiger partial charge < -0.3 is 30.5 Å². The van der Waals surface area contributed by atoms with Crippen molar-refractivity contribution in [2.75, 3.05) is 42.7 Å². The molecule has 0 radical (unpaired) electrons. The second-order valence-corrected chi connectivity index (χ2v) is 9.49. The average Bonchev–Trinajstić information content (AvgIpc) is 3.04. The first-order chi connectivity index (χ1) is 15.8. The Kier molecular flexibility index (Phi) is 7.14. The third-order valence-electron chi connectivity index (χ3n) is 6.75. The van der Waals surface area contributed by atoms with Crippen molar-refractivity contribution in [3.63, 3.8) is 0 Å². The summed E-state index contributed by atoms with van der Waals surface area (Å²) in [5.41, 5.74) is 0.433. The van der Waals surface area contributed by atoms with Crippen molar-refractivity contribution < 1.29 is 14.1 Å². The SMILES string of the molecule is CN(c1nc(Nc2ccc(O)c(F)c2)nc(NC2CCCCCC2)n1)C1CC[N+](C)([O-])CC1. The van der Waals surface area contributed by atoms with E-state index in [4.69, 9.17) is 4.98 Å². The van der Waals surface area contributed by atoms with Crippen LogP contribution in [0.25, 0.3) is 0 Å². The molecule has 0 amide bonds. The zero-order valence-electron chi connectivity index (χ0n) is 19.4. The molecule has 0 unspecified atom stereocenters. The Balaban J connectivity index is 1.58. The van der Waals surface area contributed by atoms with Gasteiger partial charge in [0.15, 0.2) is 11.6 Å². The molecule has 33 heavy (non-hydrogen) atoms. The molecule has 1 aromatic heterocycles. The Bertz CT molecular complexity index is 940. The number of halogens is 1. The first kappa shape index (κ1) is 23.4. The zero-order valence-corrected chi connectivity index (χ0v) is 19.4. The maximum absolute atomic E-state index is 13.8. The lowest BCUT2D eigenvalue weighted by atomic mass is 10.0. The molecule has 4 rings (SSSR count). The minimum absolute atomic E-state index is 0.164. The molecule has 1 saturated carbocycles. The fourth-order valence-corrected chi connectivity index (χ4v) is 4.61. The van der Waals surface area contributed by atoms with Gasteiger partial charge in [-0.3, -0.25) is 0 Å². The minimum atomic E-state index is -0.718. The van der Waals surface area contributed by atoms with E-state index >= 15 is 0 Å². The van der Waals surface area contributed by atoms with Gasteiger partial charge >= 0.3 is 0 Å². The van der Waals surface area contributed by atoms with Crippen LogP contribution < -0.4 is 15.5 Å². The maximum Gasteiger partial charge on any atom is 0.233 e. The smallest absolute Gasteiger partial charge is 0.233 e. The zero-order chi connectivity index (χ0) is 23.4. The second kappa shape index (κ2) is 10.0. The van der Waals surface area contributed by atoms with E-state index in [1.807, 2.05) is 11.9 Å². The van der Waals surface area contributed by atoms with Crippen LogP contribution in [0.15, 0.2) is 18.2 Å². The molecule has 10 heteroatoms. The monoisotopic (exact) mass is 459 g/mol. The summed E-state index contributed by atoms with van der Waals surface area (Å²) in [5, 5.41) is 28.2. The lowest BCUT2D eigenvalue weighted by molar-refractivity contribution is -0.865. The quantitative estimate of drug-likeness (QED) is 0.256. The number of benzene rings is 1. The number of aromatic hydroxyl groups is 1. The summed E-state index contributed by atoms with van der Waals surface area (Å²) >= 11 is 0. The number of aromatic nitrogens is 3. The van der Waals surface area contributed by atoms with E-state index in [2.05, 4.69) is 20.6 Å². The highest BCUT2D eigenvalue weighted by atomic mass is 19.1. The fourth-order valence-electron chi connectivity index (χ4n) is 4.61. The summed E-state index contributed by atoms with van der Waals surface area (Å²) in [4.78, 5) is 15.8. The summed E-state index contributed by atoms with van der Waals surface area (Å²) < 4.78 is 13.6. The first-order valence-electron chi connectivity index (χ1n) is 11.9. The highest BCUT2D eigenvalue weighted by Gasteiger charge is 2.28.